The lowest BCUT2D eigenvalue weighted by molar-refractivity contribution is 0.0656. The van der Waals surface area contributed by atoms with Crippen LogP contribution in [0.3, 0.4) is 0 Å². The Labute approximate surface area is 189 Å². The minimum Gasteiger partial charge on any atom is -0.507 e. The van der Waals surface area contributed by atoms with E-state index in [2.05, 4.69) is 20.3 Å². The molecule has 2 fully saturated rings. The molecule has 10 heteroatoms. The third-order valence-corrected chi connectivity index (χ3v) is 6.89. The number of benzene rings is 1. The van der Waals surface area contributed by atoms with Crippen molar-refractivity contribution >= 4 is 5.82 Å². The molecule has 1 N–H and O–H groups in total. The Morgan fingerprint density at radius 3 is 2.79 bits per heavy atom. The maximum atomic E-state index is 15.1. The minimum absolute atomic E-state index is 0.119. The number of phenols is 1. The van der Waals surface area contributed by atoms with Crippen LogP contribution < -0.4 is 4.90 Å². The first-order chi connectivity index (χ1) is 15.9. The zero-order valence-electron chi connectivity index (χ0n) is 18.1. The van der Waals surface area contributed by atoms with Gasteiger partial charge in [0.1, 0.15) is 18.0 Å². The van der Waals surface area contributed by atoms with Gasteiger partial charge in [-0.1, -0.05) is 12.8 Å². The predicted molar refractivity (Wildman–Crippen MR) is 116 cm³/mol. The minimum atomic E-state index is -0.890. The van der Waals surface area contributed by atoms with E-state index in [0.29, 0.717) is 23.0 Å². The molecule has 1 aromatic carbocycles. The third-order valence-electron chi connectivity index (χ3n) is 6.89. The normalized spacial score (nSPS) is 24.3. The second-order valence-electron chi connectivity index (χ2n) is 8.87. The van der Waals surface area contributed by atoms with E-state index in [0.717, 1.165) is 38.3 Å². The van der Waals surface area contributed by atoms with E-state index in [4.69, 9.17) is 5.26 Å². The Balaban J connectivity index is 1.35. The van der Waals surface area contributed by atoms with Crippen LogP contribution in [0.5, 0.6) is 5.75 Å². The number of anilines is 1. The number of aromatic nitrogens is 5. The molecule has 2 aliphatic rings. The average molecular weight is 451 g/mol. The molecule has 0 aliphatic heterocycles. The van der Waals surface area contributed by atoms with E-state index >= 15 is 4.39 Å². The Bertz CT molecular complexity index is 1210. The second-order valence-corrected chi connectivity index (χ2v) is 8.87. The van der Waals surface area contributed by atoms with Crippen LogP contribution in [0.1, 0.15) is 37.8 Å². The summed E-state index contributed by atoms with van der Waals surface area (Å²) in [6.07, 6.45) is 6.71. The number of rotatable bonds is 4. The first-order valence-electron chi connectivity index (χ1n) is 11.0. The molecule has 2 bridgehead atoms. The average Bonchev–Trinajstić information content (AvgIpc) is 3.22. The van der Waals surface area contributed by atoms with Gasteiger partial charge >= 0.3 is 0 Å². The summed E-state index contributed by atoms with van der Waals surface area (Å²) in [4.78, 5) is 6.17. The van der Waals surface area contributed by atoms with E-state index in [1.54, 1.807) is 18.2 Å². The number of nitrogens with zero attached hydrogens (tertiary/aromatic N) is 7. The Morgan fingerprint density at radius 1 is 1.24 bits per heavy atom. The highest BCUT2D eigenvalue weighted by molar-refractivity contribution is 5.66. The fourth-order valence-electron chi connectivity index (χ4n) is 5.13. The van der Waals surface area contributed by atoms with Crippen molar-refractivity contribution in [2.24, 2.45) is 11.8 Å². The molecular weight excluding hydrogens is 428 g/mol. The summed E-state index contributed by atoms with van der Waals surface area (Å²) in [5.41, 5.74) is 0.380. The van der Waals surface area contributed by atoms with E-state index < -0.39 is 12.0 Å². The molecule has 2 aromatic heterocycles. The molecule has 4 atom stereocenters. The summed E-state index contributed by atoms with van der Waals surface area (Å²) in [5.74, 6) is 0.482. The maximum absolute atomic E-state index is 15.1. The van der Waals surface area contributed by atoms with Gasteiger partial charge in [-0.2, -0.15) is 10.4 Å². The summed E-state index contributed by atoms with van der Waals surface area (Å²) in [7, 11) is 1.83. The molecule has 2 heterocycles. The van der Waals surface area contributed by atoms with Crippen LogP contribution in [0.15, 0.2) is 30.6 Å². The van der Waals surface area contributed by atoms with Gasteiger partial charge in [0, 0.05) is 13.1 Å². The molecular formula is C23H23F2N7O. The molecule has 2 aliphatic carbocycles. The van der Waals surface area contributed by atoms with Gasteiger partial charge in [-0.05, 0) is 43.2 Å². The van der Waals surface area contributed by atoms with Crippen molar-refractivity contribution in [3.05, 3.63) is 42.1 Å². The highest BCUT2D eigenvalue weighted by Crippen LogP contribution is 2.43. The standard InChI is InChI=1S/C23H23F2N7O/c1-31(19-8-13-3-2-4-14(7-13)22(19)25)21-11-27-23(29-28-21)16-6-5-15(9-20(16)33)32-12-17(24)18(10-26)30-32/h5-6,9,11-14,19,22,33H,2-4,7-8H2,1H3/t13-,14+,19+,22-/m1/s1. The van der Waals surface area contributed by atoms with Crippen molar-refractivity contribution in [2.75, 3.05) is 11.9 Å². The Kier molecular flexibility index (Phi) is 5.40. The summed E-state index contributed by atoms with van der Waals surface area (Å²) in [6, 6.07) is 5.96. The highest BCUT2D eigenvalue weighted by atomic mass is 19.1. The molecule has 0 saturated heterocycles. The number of halogens is 2. The van der Waals surface area contributed by atoms with Crippen LogP contribution in [-0.4, -0.2) is 49.3 Å². The van der Waals surface area contributed by atoms with E-state index in [1.165, 1.54) is 16.9 Å². The predicted octanol–water partition coefficient (Wildman–Crippen LogP) is 3.79. The van der Waals surface area contributed by atoms with Crippen LogP contribution in [0.4, 0.5) is 14.6 Å². The van der Waals surface area contributed by atoms with Crippen molar-refractivity contribution in [3.8, 4) is 28.9 Å². The number of hydrogen-bond donors (Lipinski definition) is 1. The van der Waals surface area contributed by atoms with Crippen LogP contribution in [0.25, 0.3) is 17.1 Å². The van der Waals surface area contributed by atoms with E-state index in [-0.39, 0.29) is 29.2 Å². The number of aromatic hydroxyl groups is 1. The SMILES string of the molecule is CN(c1cnc(-c2ccc(-n3cc(F)c(C#N)n3)cc2O)nn1)[C@H]1C[C@@H]2CCC[C@@H](C2)[C@H]1F. The van der Waals surface area contributed by atoms with Crippen molar-refractivity contribution in [3.63, 3.8) is 0 Å². The fourth-order valence-corrected chi connectivity index (χ4v) is 5.13. The van der Waals surface area contributed by atoms with Gasteiger partial charge in [0.05, 0.1) is 29.7 Å². The highest BCUT2D eigenvalue weighted by Gasteiger charge is 2.42. The first kappa shape index (κ1) is 21.2. The summed E-state index contributed by atoms with van der Waals surface area (Å²) in [6.45, 7) is 0. The van der Waals surface area contributed by atoms with Crippen LogP contribution in [0.2, 0.25) is 0 Å². The van der Waals surface area contributed by atoms with E-state index in [9.17, 15) is 9.50 Å². The summed E-state index contributed by atoms with van der Waals surface area (Å²) in [5, 5.41) is 31.6. The van der Waals surface area contributed by atoms with Gasteiger partial charge in [-0.3, -0.25) is 0 Å². The molecule has 0 spiro atoms. The van der Waals surface area contributed by atoms with Gasteiger partial charge in [0.2, 0.25) is 0 Å². The van der Waals surface area contributed by atoms with Crippen molar-refractivity contribution in [1.29, 1.82) is 5.26 Å². The molecule has 8 nitrogen and oxygen atoms in total. The van der Waals surface area contributed by atoms with Crippen LogP contribution in [0, 0.1) is 29.0 Å². The van der Waals surface area contributed by atoms with Gasteiger partial charge in [0.15, 0.2) is 23.2 Å². The smallest absolute Gasteiger partial charge is 0.198 e. The largest absolute Gasteiger partial charge is 0.507 e. The third kappa shape index (κ3) is 3.88. The van der Waals surface area contributed by atoms with E-state index in [1.807, 2.05) is 11.9 Å². The Morgan fingerprint density at radius 2 is 2.09 bits per heavy atom. The van der Waals surface area contributed by atoms with Gasteiger partial charge in [-0.15, -0.1) is 10.2 Å². The molecule has 0 unspecified atom stereocenters. The number of hydrogen-bond acceptors (Lipinski definition) is 7. The number of alkyl halides is 1. The maximum Gasteiger partial charge on any atom is 0.198 e. The first-order valence-corrected chi connectivity index (χ1v) is 11.0. The lowest BCUT2D eigenvalue weighted by atomic mass is 9.69. The molecule has 5 rings (SSSR count). The number of nitriles is 1. The molecule has 33 heavy (non-hydrogen) atoms. The van der Waals surface area contributed by atoms with Crippen molar-refractivity contribution in [1.82, 2.24) is 25.0 Å². The van der Waals surface area contributed by atoms with Crippen LogP contribution >= 0.6 is 0 Å². The lowest BCUT2D eigenvalue weighted by Crippen LogP contribution is -2.49. The second kappa shape index (κ2) is 8.39. The number of fused-ring (bicyclic) bond motifs is 2. The van der Waals surface area contributed by atoms with Crippen molar-refractivity contribution in [2.45, 2.75) is 44.3 Å². The van der Waals surface area contributed by atoms with Crippen molar-refractivity contribution < 1.29 is 13.9 Å². The molecule has 3 aromatic rings. The zero-order chi connectivity index (χ0) is 23.1. The monoisotopic (exact) mass is 451 g/mol. The van der Waals surface area contributed by atoms with Crippen LogP contribution in [-0.2, 0) is 0 Å². The van der Waals surface area contributed by atoms with Gasteiger partial charge in [-0.25, -0.2) is 18.4 Å². The molecule has 170 valence electrons. The fraction of sp³-hybridized carbons (Fsp3) is 0.435. The summed E-state index contributed by atoms with van der Waals surface area (Å²) < 4.78 is 29.9. The zero-order valence-corrected chi connectivity index (χ0v) is 18.1. The lowest BCUT2D eigenvalue weighted by Gasteiger charge is -2.45. The molecule has 0 amide bonds. The molecule has 0 radical (unpaired) electrons. The Hall–Kier alpha value is -3.61. The molecule has 2 saturated carbocycles. The van der Waals surface area contributed by atoms with Gasteiger partial charge < -0.3 is 10.0 Å². The summed E-state index contributed by atoms with van der Waals surface area (Å²) >= 11 is 0. The topological polar surface area (TPSA) is 104 Å². The van der Waals surface area contributed by atoms with Gasteiger partial charge in [0.25, 0.3) is 0 Å². The quantitative estimate of drug-likeness (QED) is 0.644. The number of phenolic OH excluding ortho intramolecular Hbond substituents is 1.